The van der Waals surface area contributed by atoms with E-state index < -0.39 is 6.04 Å². The van der Waals surface area contributed by atoms with Crippen molar-refractivity contribution < 1.29 is 9.90 Å². The van der Waals surface area contributed by atoms with Gasteiger partial charge in [-0.3, -0.25) is 9.78 Å². The lowest BCUT2D eigenvalue weighted by atomic mass is 10.1. The van der Waals surface area contributed by atoms with Crippen LogP contribution in [0.5, 0.6) is 0 Å². The number of aromatic nitrogens is 1. The number of amides is 1. The highest BCUT2D eigenvalue weighted by Gasteiger charge is 2.14. The summed E-state index contributed by atoms with van der Waals surface area (Å²) >= 11 is 0. The lowest BCUT2D eigenvalue weighted by Crippen LogP contribution is -2.31. The first kappa shape index (κ1) is 16.0. The molecule has 0 saturated carbocycles. The summed E-state index contributed by atoms with van der Waals surface area (Å²) in [4.78, 5) is 16.8. The summed E-state index contributed by atoms with van der Waals surface area (Å²) in [6.07, 6.45) is 1.73. The van der Waals surface area contributed by atoms with Crippen LogP contribution in [0.3, 0.4) is 0 Å². The number of rotatable bonds is 5. The van der Waals surface area contributed by atoms with Crippen molar-refractivity contribution in [2.75, 3.05) is 10.6 Å². The lowest BCUT2D eigenvalue weighted by Gasteiger charge is -2.16. The van der Waals surface area contributed by atoms with Crippen molar-refractivity contribution >= 4 is 28.2 Å². The van der Waals surface area contributed by atoms with Crippen molar-refractivity contribution in [2.45, 2.75) is 19.6 Å². The fourth-order valence-corrected chi connectivity index (χ4v) is 2.53. The van der Waals surface area contributed by atoms with Crippen LogP contribution < -0.4 is 10.6 Å². The van der Waals surface area contributed by atoms with Crippen LogP contribution in [-0.2, 0) is 11.4 Å². The SMILES string of the molecule is C[C@H](Nc1cccc(CO)c1)C(=O)Nc1cccc2ncccc12. The van der Waals surface area contributed by atoms with Gasteiger partial charge in [-0.2, -0.15) is 0 Å². The number of nitrogens with one attached hydrogen (secondary N) is 2. The van der Waals surface area contributed by atoms with Gasteiger partial charge in [-0.25, -0.2) is 0 Å². The first-order valence-electron chi connectivity index (χ1n) is 7.78. The molecule has 3 N–H and O–H groups in total. The molecule has 0 spiro atoms. The largest absolute Gasteiger partial charge is 0.392 e. The van der Waals surface area contributed by atoms with Gasteiger partial charge in [0.05, 0.1) is 17.8 Å². The summed E-state index contributed by atoms with van der Waals surface area (Å²) in [5.41, 5.74) is 3.17. The fourth-order valence-electron chi connectivity index (χ4n) is 2.53. The van der Waals surface area contributed by atoms with Crippen molar-refractivity contribution in [2.24, 2.45) is 0 Å². The van der Waals surface area contributed by atoms with Gasteiger partial charge in [-0.05, 0) is 48.9 Å². The second-order valence-corrected chi connectivity index (χ2v) is 5.59. The lowest BCUT2D eigenvalue weighted by molar-refractivity contribution is -0.116. The summed E-state index contributed by atoms with van der Waals surface area (Å²) in [6, 6.07) is 16.4. The highest BCUT2D eigenvalue weighted by Crippen LogP contribution is 2.21. The summed E-state index contributed by atoms with van der Waals surface area (Å²) in [5, 5.41) is 16.2. The predicted molar refractivity (Wildman–Crippen MR) is 95.8 cm³/mol. The van der Waals surface area contributed by atoms with Gasteiger partial charge in [-0.15, -0.1) is 0 Å². The van der Waals surface area contributed by atoms with Crippen molar-refractivity contribution in [3.63, 3.8) is 0 Å². The van der Waals surface area contributed by atoms with E-state index in [-0.39, 0.29) is 12.5 Å². The van der Waals surface area contributed by atoms with Crippen LogP contribution in [0.4, 0.5) is 11.4 Å². The molecule has 2 aromatic carbocycles. The van der Waals surface area contributed by atoms with Gasteiger partial charge in [0.15, 0.2) is 0 Å². The standard InChI is InChI=1S/C19H19N3O2/c1-13(21-15-6-2-5-14(11-15)12-23)19(24)22-18-9-3-8-17-16(18)7-4-10-20-17/h2-11,13,21,23H,12H2,1H3,(H,22,24)/t13-/m0/s1. The first-order valence-corrected chi connectivity index (χ1v) is 7.78. The van der Waals surface area contributed by atoms with E-state index in [1.54, 1.807) is 13.1 Å². The minimum Gasteiger partial charge on any atom is -0.392 e. The Morgan fingerprint density at radius 3 is 2.83 bits per heavy atom. The molecule has 0 bridgehead atoms. The van der Waals surface area contributed by atoms with Gasteiger partial charge < -0.3 is 15.7 Å². The molecule has 0 radical (unpaired) electrons. The topological polar surface area (TPSA) is 74.2 Å². The molecule has 122 valence electrons. The van der Waals surface area contributed by atoms with E-state index >= 15 is 0 Å². The zero-order valence-corrected chi connectivity index (χ0v) is 13.4. The van der Waals surface area contributed by atoms with Crippen LogP contribution >= 0.6 is 0 Å². The molecule has 0 fully saturated rings. The number of benzene rings is 2. The Bertz CT molecular complexity index is 859. The van der Waals surface area contributed by atoms with Gasteiger partial charge in [0.25, 0.3) is 0 Å². The number of hydrogen-bond donors (Lipinski definition) is 3. The van der Waals surface area contributed by atoms with Crippen LogP contribution in [0.15, 0.2) is 60.8 Å². The number of hydrogen-bond acceptors (Lipinski definition) is 4. The number of nitrogens with zero attached hydrogens (tertiary/aromatic N) is 1. The van der Waals surface area contributed by atoms with E-state index in [1.165, 1.54) is 0 Å². The fraction of sp³-hybridized carbons (Fsp3) is 0.158. The van der Waals surface area contributed by atoms with Gasteiger partial charge in [0, 0.05) is 17.3 Å². The molecular weight excluding hydrogens is 302 g/mol. The molecule has 1 atom stereocenters. The van der Waals surface area contributed by atoms with E-state index in [0.717, 1.165) is 27.8 Å². The van der Waals surface area contributed by atoms with E-state index in [0.29, 0.717) is 0 Å². The van der Waals surface area contributed by atoms with Crippen molar-refractivity contribution in [1.29, 1.82) is 0 Å². The number of aliphatic hydroxyl groups is 1. The minimum atomic E-state index is -0.425. The van der Waals surface area contributed by atoms with Crippen LogP contribution in [-0.4, -0.2) is 22.0 Å². The number of aliphatic hydroxyl groups excluding tert-OH is 1. The van der Waals surface area contributed by atoms with Crippen molar-refractivity contribution in [1.82, 2.24) is 4.98 Å². The maximum atomic E-state index is 12.5. The Morgan fingerprint density at radius 1 is 1.17 bits per heavy atom. The number of anilines is 2. The molecule has 0 aliphatic heterocycles. The molecule has 3 rings (SSSR count). The molecule has 0 saturated heterocycles. The van der Waals surface area contributed by atoms with Crippen LogP contribution in [0.1, 0.15) is 12.5 Å². The Labute approximate surface area is 140 Å². The number of carbonyl (C=O) groups is 1. The maximum absolute atomic E-state index is 12.5. The van der Waals surface area contributed by atoms with Crippen LogP contribution in [0.2, 0.25) is 0 Å². The highest BCUT2D eigenvalue weighted by molar-refractivity contribution is 6.03. The van der Waals surface area contributed by atoms with Crippen molar-refractivity contribution in [3.8, 4) is 0 Å². The zero-order chi connectivity index (χ0) is 16.9. The molecule has 1 heterocycles. The molecular formula is C19H19N3O2. The normalized spacial score (nSPS) is 11.9. The average Bonchev–Trinajstić information content (AvgIpc) is 2.62. The smallest absolute Gasteiger partial charge is 0.246 e. The third kappa shape index (κ3) is 3.52. The van der Waals surface area contributed by atoms with E-state index in [1.807, 2.05) is 54.6 Å². The Morgan fingerprint density at radius 2 is 2.00 bits per heavy atom. The molecule has 0 aliphatic rings. The molecule has 1 amide bonds. The second-order valence-electron chi connectivity index (χ2n) is 5.59. The quantitative estimate of drug-likeness (QED) is 0.675. The number of pyridine rings is 1. The number of carbonyl (C=O) groups excluding carboxylic acids is 1. The molecule has 5 heteroatoms. The molecule has 24 heavy (non-hydrogen) atoms. The van der Waals surface area contributed by atoms with E-state index in [9.17, 15) is 9.90 Å². The summed E-state index contributed by atoms with van der Waals surface area (Å²) in [5.74, 6) is -0.138. The van der Waals surface area contributed by atoms with Gasteiger partial charge in [-0.1, -0.05) is 18.2 Å². The van der Waals surface area contributed by atoms with Gasteiger partial charge in [0.2, 0.25) is 5.91 Å². The zero-order valence-electron chi connectivity index (χ0n) is 13.4. The summed E-state index contributed by atoms with van der Waals surface area (Å²) in [7, 11) is 0. The Hall–Kier alpha value is -2.92. The van der Waals surface area contributed by atoms with Gasteiger partial charge in [0.1, 0.15) is 6.04 Å². The first-order chi connectivity index (χ1) is 11.7. The third-order valence-electron chi connectivity index (χ3n) is 3.79. The number of fused-ring (bicyclic) bond motifs is 1. The minimum absolute atomic E-state index is 0.0287. The van der Waals surface area contributed by atoms with Crippen LogP contribution in [0, 0.1) is 0 Å². The molecule has 5 nitrogen and oxygen atoms in total. The van der Waals surface area contributed by atoms with Gasteiger partial charge >= 0.3 is 0 Å². The Kier molecular flexibility index (Phi) is 4.72. The van der Waals surface area contributed by atoms with E-state index in [4.69, 9.17) is 0 Å². The highest BCUT2D eigenvalue weighted by atomic mass is 16.3. The van der Waals surface area contributed by atoms with E-state index in [2.05, 4.69) is 15.6 Å². The molecule has 1 aromatic heterocycles. The molecule has 3 aromatic rings. The van der Waals surface area contributed by atoms with Crippen LogP contribution in [0.25, 0.3) is 10.9 Å². The third-order valence-corrected chi connectivity index (χ3v) is 3.79. The molecule has 0 aliphatic carbocycles. The predicted octanol–water partition coefficient (Wildman–Crippen LogP) is 3.17. The second kappa shape index (κ2) is 7.10. The summed E-state index contributed by atoms with van der Waals surface area (Å²) in [6.45, 7) is 1.77. The Balaban J connectivity index is 1.73. The molecule has 0 unspecified atom stereocenters. The maximum Gasteiger partial charge on any atom is 0.246 e. The monoisotopic (exact) mass is 321 g/mol. The van der Waals surface area contributed by atoms with Crippen molar-refractivity contribution in [3.05, 3.63) is 66.4 Å². The summed E-state index contributed by atoms with van der Waals surface area (Å²) < 4.78 is 0. The average molecular weight is 321 g/mol.